The van der Waals surface area contributed by atoms with Crippen molar-refractivity contribution >= 4 is 0 Å². The Labute approximate surface area is 74.9 Å². The highest BCUT2D eigenvalue weighted by Crippen LogP contribution is 2.15. The molecule has 3 nitrogen and oxygen atoms in total. The lowest BCUT2D eigenvalue weighted by Gasteiger charge is -2.32. The Hall–Kier alpha value is -0.750. The Morgan fingerprint density at radius 1 is 1.42 bits per heavy atom. The van der Waals surface area contributed by atoms with Crippen LogP contribution in [0.15, 0.2) is 0 Å². The first-order valence-electron chi connectivity index (χ1n) is 4.21. The molecule has 12 heavy (non-hydrogen) atoms. The lowest BCUT2D eigenvalue weighted by Crippen LogP contribution is -2.42. The van der Waals surface area contributed by atoms with Gasteiger partial charge in [0.1, 0.15) is 0 Å². The van der Waals surface area contributed by atoms with Crippen LogP contribution in [0.2, 0.25) is 0 Å². The first-order valence-corrected chi connectivity index (χ1v) is 4.21. The third kappa shape index (κ3) is 4.20. The predicted molar refractivity (Wildman–Crippen MR) is 48.0 cm³/mol. The molecule has 0 N–H and O–H groups in total. The van der Waals surface area contributed by atoms with Gasteiger partial charge < -0.3 is 4.84 Å². The van der Waals surface area contributed by atoms with Crippen LogP contribution >= 0.6 is 0 Å². The van der Waals surface area contributed by atoms with Gasteiger partial charge in [0.2, 0.25) is 0 Å². The van der Waals surface area contributed by atoms with Crippen molar-refractivity contribution in [3.05, 3.63) is 0 Å². The van der Waals surface area contributed by atoms with E-state index in [4.69, 9.17) is 10.1 Å². The number of nitriles is 1. The number of hydroxylamine groups is 2. The molecule has 0 aromatic carbocycles. The minimum Gasteiger partial charge on any atom is -0.327 e. The summed E-state index contributed by atoms with van der Waals surface area (Å²) in [5.74, 6) is 0.498. The van der Waals surface area contributed by atoms with E-state index in [0.717, 1.165) is 6.54 Å². The monoisotopic (exact) mass is 170 g/mol. The molecule has 0 spiro atoms. The van der Waals surface area contributed by atoms with Crippen LogP contribution < -0.4 is 0 Å². The molecule has 0 atom stereocenters. The molecule has 0 aliphatic rings. The van der Waals surface area contributed by atoms with Crippen LogP contribution in [0.5, 0.6) is 0 Å². The molecule has 0 radical (unpaired) electrons. The van der Waals surface area contributed by atoms with Crippen LogP contribution in [0.4, 0.5) is 0 Å². The predicted octanol–water partition coefficient (Wildman–Crippen LogP) is 2.16. The maximum atomic E-state index is 8.40. The van der Waals surface area contributed by atoms with Gasteiger partial charge in [0.15, 0.2) is 0 Å². The van der Waals surface area contributed by atoms with E-state index in [9.17, 15) is 0 Å². The van der Waals surface area contributed by atoms with Crippen molar-refractivity contribution < 1.29 is 4.84 Å². The zero-order valence-electron chi connectivity index (χ0n) is 8.59. The summed E-state index contributed by atoms with van der Waals surface area (Å²) < 4.78 is 0. The molecule has 0 aliphatic carbocycles. The second kappa shape index (κ2) is 4.32. The number of hydrogen-bond donors (Lipinski definition) is 0. The average molecular weight is 170 g/mol. The first-order chi connectivity index (χ1) is 5.38. The fourth-order valence-corrected chi connectivity index (χ4v) is 0.829. The standard InChI is InChI=1S/C9H18N2O/c1-8(2)6-11(12-7-10)9(3,4)5/h8H,6H2,1-5H3. The summed E-state index contributed by atoms with van der Waals surface area (Å²) in [5.41, 5.74) is -0.111. The molecule has 0 aromatic heterocycles. The molecule has 0 heterocycles. The Balaban J connectivity index is 4.16. The first kappa shape index (κ1) is 11.2. The molecule has 0 amide bonds. The number of nitrogens with zero attached hydrogens (tertiary/aromatic N) is 2. The summed E-state index contributed by atoms with van der Waals surface area (Å²) in [5, 5.41) is 10.1. The highest BCUT2D eigenvalue weighted by atomic mass is 16.7. The normalized spacial score (nSPS) is 11.8. The number of rotatable bonds is 3. The van der Waals surface area contributed by atoms with Gasteiger partial charge in [-0.25, -0.2) is 0 Å². The van der Waals surface area contributed by atoms with Gasteiger partial charge in [-0.2, -0.15) is 0 Å². The van der Waals surface area contributed by atoms with E-state index in [1.54, 1.807) is 11.3 Å². The van der Waals surface area contributed by atoms with Gasteiger partial charge in [-0.15, -0.1) is 10.3 Å². The molecule has 0 fully saturated rings. The third-order valence-corrected chi connectivity index (χ3v) is 1.43. The van der Waals surface area contributed by atoms with Gasteiger partial charge in [-0.05, 0) is 26.7 Å². The van der Waals surface area contributed by atoms with E-state index < -0.39 is 0 Å². The average Bonchev–Trinajstić information content (AvgIpc) is 1.83. The summed E-state index contributed by atoms with van der Waals surface area (Å²) in [6, 6.07) is 0. The van der Waals surface area contributed by atoms with Gasteiger partial charge in [-0.1, -0.05) is 13.8 Å². The van der Waals surface area contributed by atoms with E-state index in [1.165, 1.54) is 0 Å². The Morgan fingerprint density at radius 3 is 2.17 bits per heavy atom. The molecule has 0 aliphatic heterocycles. The van der Waals surface area contributed by atoms with Gasteiger partial charge in [0, 0.05) is 12.1 Å². The van der Waals surface area contributed by atoms with E-state index in [-0.39, 0.29) is 5.54 Å². The molecular weight excluding hydrogens is 152 g/mol. The topological polar surface area (TPSA) is 36.3 Å². The molecule has 0 rings (SSSR count). The fourth-order valence-electron chi connectivity index (χ4n) is 0.829. The molecule has 0 bridgehead atoms. The molecule has 3 heteroatoms. The highest BCUT2D eigenvalue weighted by molar-refractivity contribution is 4.72. The Bertz CT molecular complexity index is 164. The van der Waals surface area contributed by atoms with E-state index in [1.807, 2.05) is 20.8 Å². The summed E-state index contributed by atoms with van der Waals surface area (Å²) in [4.78, 5) is 4.86. The highest BCUT2D eigenvalue weighted by Gasteiger charge is 2.23. The second-order valence-corrected chi connectivity index (χ2v) is 4.31. The van der Waals surface area contributed by atoms with Crippen molar-refractivity contribution in [2.45, 2.75) is 40.2 Å². The maximum absolute atomic E-state index is 8.40. The fraction of sp³-hybridized carbons (Fsp3) is 0.889. The van der Waals surface area contributed by atoms with Crippen molar-refractivity contribution in [1.82, 2.24) is 5.06 Å². The van der Waals surface area contributed by atoms with Crippen LogP contribution in [-0.2, 0) is 4.84 Å². The zero-order valence-corrected chi connectivity index (χ0v) is 8.59. The van der Waals surface area contributed by atoms with Crippen LogP contribution in [-0.4, -0.2) is 17.1 Å². The summed E-state index contributed by atoms with van der Waals surface area (Å²) >= 11 is 0. The van der Waals surface area contributed by atoms with E-state index >= 15 is 0 Å². The van der Waals surface area contributed by atoms with Crippen LogP contribution in [0.1, 0.15) is 34.6 Å². The Morgan fingerprint density at radius 2 is 1.92 bits per heavy atom. The van der Waals surface area contributed by atoms with Gasteiger partial charge >= 0.3 is 6.26 Å². The van der Waals surface area contributed by atoms with Crippen molar-refractivity contribution in [3.63, 3.8) is 0 Å². The van der Waals surface area contributed by atoms with E-state index in [0.29, 0.717) is 5.92 Å². The summed E-state index contributed by atoms with van der Waals surface area (Å²) in [6.45, 7) is 11.0. The Kier molecular flexibility index (Phi) is 4.05. The quantitative estimate of drug-likeness (QED) is 0.481. The minimum absolute atomic E-state index is 0.111. The third-order valence-electron chi connectivity index (χ3n) is 1.43. The van der Waals surface area contributed by atoms with Gasteiger partial charge in [0.05, 0.1) is 0 Å². The molecule has 70 valence electrons. The SMILES string of the molecule is CC(C)CN(OC#N)C(C)(C)C. The minimum atomic E-state index is -0.111. The van der Waals surface area contributed by atoms with Gasteiger partial charge in [0.25, 0.3) is 0 Å². The van der Waals surface area contributed by atoms with Crippen LogP contribution in [0.25, 0.3) is 0 Å². The summed E-state index contributed by atoms with van der Waals surface area (Å²) in [7, 11) is 0. The lowest BCUT2D eigenvalue weighted by molar-refractivity contribution is -0.160. The molecule has 0 aromatic rings. The summed E-state index contributed by atoms with van der Waals surface area (Å²) in [6.07, 6.45) is 1.71. The van der Waals surface area contributed by atoms with Crippen LogP contribution in [0.3, 0.4) is 0 Å². The molecule has 0 saturated heterocycles. The van der Waals surface area contributed by atoms with Gasteiger partial charge in [-0.3, -0.25) is 0 Å². The molecule has 0 saturated carbocycles. The smallest absolute Gasteiger partial charge is 0.307 e. The van der Waals surface area contributed by atoms with Crippen molar-refractivity contribution in [1.29, 1.82) is 5.26 Å². The van der Waals surface area contributed by atoms with Crippen molar-refractivity contribution in [2.75, 3.05) is 6.54 Å². The maximum Gasteiger partial charge on any atom is 0.307 e. The lowest BCUT2D eigenvalue weighted by atomic mass is 10.1. The molecular formula is C9H18N2O. The van der Waals surface area contributed by atoms with E-state index in [2.05, 4.69) is 13.8 Å². The van der Waals surface area contributed by atoms with Crippen molar-refractivity contribution in [2.24, 2.45) is 5.92 Å². The number of hydrogen-bond acceptors (Lipinski definition) is 3. The zero-order chi connectivity index (χ0) is 9.78. The second-order valence-electron chi connectivity index (χ2n) is 4.31. The molecule has 0 unspecified atom stereocenters. The largest absolute Gasteiger partial charge is 0.327 e. The van der Waals surface area contributed by atoms with Crippen LogP contribution in [0, 0.1) is 17.4 Å². The van der Waals surface area contributed by atoms with Crippen molar-refractivity contribution in [3.8, 4) is 6.26 Å².